The summed E-state index contributed by atoms with van der Waals surface area (Å²) < 4.78 is 28.7. The molecule has 4 aromatic rings. The molecule has 1 atom stereocenters. The Labute approximate surface area is 195 Å². The number of nitrogens with zero attached hydrogens (tertiary/aromatic N) is 4. The fourth-order valence-electron chi connectivity index (χ4n) is 4.82. The third-order valence-corrected chi connectivity index (χ3v) is 6.30. The molecule has 0 unspecified atom stereocenters. The number of benzene rings is 1. The van der Waals surface area contributed by atoms with Gasteiger partial charge in [-0.1, -0.05) is 6.07 Å². The first-order valence-electron chi connectivity index (χ1n) is 11.2. The summed E-state index contributed by atoms with van der Waals surface area (Å²) in [7, 11) is 0. The van der Waals surface area contributed by atoms with Crippen molar-refractivity contribution in [1.82, 2.24) is 19.6 Å². The summed E-state index contributed by atoms with van der Waals surface area (Å²) in [6.45, 7) is 4.57. The van der Waals surface area contributed by atoms with Gasteiger partial charge in [0.25, 0.3) is 0 Å². The molecule has 0 amide bonds. The highest BCUT2D eigenvalue weighted by Crippen LogP contribution is 2.42. The molecule has 2 aliphatic rings. The highest BCUT2D eigenvalue weighted by atomic mass is 19.1. The van der Waals surface area contributed by atoms with Gasteiger partial charge in [-0.2, -0.15) is 0 Å². The molecular weight excluding hydrogens is 437 g/mol. The second-order valence-electron chi connectivity index (χ2n) is 9.39. The van der Waals surface area contributed by atoms with E-state index in [1.54, 1.807) is 32.4 Å². The van der Waals surface area contributed by atoms with Gasteiger partial charge in [0.15, 0.2) is 17.2 Å². The van der Waals surface area contributed by atoms with Gasteiger partial charge in [-0.3, -0.25) is 9.38 Å². The van der Waals surface area contributed by atoms with Gasteiger partial charge < -0.3 is 19.9 Å². The van der Waals surface area contributed by atoms with Crippen LogP contribution in [0.1, 0.15) is 36.6 Å². The number of anilines is 1. The fraction of sp³-hybridized carbons (Fsp3) is 0.320. The number of rotatable bonds is 3. The zero-order chi connectivity index (χ0) is 23.4. The highest BCUT2D eigenvalue weighted by molar-refractivity contribution is 5.83. The van der Waals surface area contributed by atoms with Crippen LogP contribution in [0.25, 0.3) is 16.8 Å². The number of ether oxygens (including phenoxy) is 2. The maximum Gasteiger partial charge on any atom is 0.170 e. The molecule has 8 nitrogen and oxygen atoms in total. The number of halogens is 1. The van der Waals surface area contributed by atoms with Crippen LogP contribution in [-0.2, 0) is 13.0 Å². The Balaban J connectivity index is 1.50. The van der Waals surface area contributed by atoms with E-state index in [1.807, 2.05) is 22.6 Å². The van der Waals surface area contributed by atoms with Gasteiger partial charge in [-0.25, -0.2) is 4.39 Å². The molecule has 3 aromatic heterocycles. The van der Waals surface area contributed by atoms with Crippen LogP contribution in [0.4, 0.5) is 10.2 Å². The van der Waals surface area contributed by atoms with E-state index in [0.29, 0.717) is 48.2 Å². The number of hydrogen-bond acceptors (Lipinski definition) is 7. The van der Waals surface area contributed by atoms with E-state index in [9.17, 15) is 9.50 Å². The van der Waals surface area contributed by atoms with E-state index < -0.39 is 5.60 Å². The molecule has 0 saturated carbocycles. The number of aromatic nitrogens is 4. The minimum atomic E-state index is -0.928. The summed E-state index contributed by atoms with van der Waals surface area (Å²) in [4.78, 5) is 4.53. The van der Waals surface area contributed by atoms with Crippen LogP contribution in [0.5, 0.6) is 11.5 Å². The average Bonchev–Trinajstić information content (AvgIpc) is 3.44. The van der Waals surface area contributed by atoms with Crippen LogP contribution < -0.4 is 14.8 Å². The third-order valence-electron chi connectivity index (χ3n) is 6.30. The molecule has 0 bridgehead atoms. The zero-order valence-electron chi connectivity index (χ0n) is 18.9. The third kappa shape index (κ3) is 3.43. The Morgan fingerprint density at radius 3 is 2.82 bits per heavy atom. The van der Waals surface area contributed by atoms with Crippen LogP contribution in [0, 0.1) is 5.82 Å². The van der Waals surface area contributed by atoms with Gasteiger partial charge in [0, 0.05) is 41.4 Å². The van der Waals surface area contributed by atoms with Gasteiger partial charge in [-0.15, -0.1) is 10.2 Å². The second kappa shape index (κ2) is 7.66. The van der Waals surface area contributed by atoms with E-state index in [-0.39, 0.29) is 18.3 Å². The molecule has 6 rings (SSSR count). The van der Waals surface area contributed by atoms with E-state index in [4.69, 9.17) is 9.47 Å². The van der Waals surface area contributed by atoms with Crippen molar-refractivity contribution < 1.29 is 19.0 Å². The second-order valence-corrected chi connectivity index (χ2v) is 9.39. The Kier molecular flexibility index (Phi) is 4.70. The Morgan fingerprint density at radius 2 is 2.00 bits per heavy atom. The number of aliphatic hydroxyl groups is 1. The summed E-state index contributed by atoms with van der Waals surface area (Å²) in [6, 6.07) is 8.85. The van der Waals surface area contributed by atoms with Crippen molar-refractivity contribution in [3.63, 3.8) is 0 Å². The first-order chi connectivity index (χ1) is 16.4. The Bertz CT molecular complexity index is 1410. The van der Waals surface area contributed by atoms with E-state index in [2.05, 4.69) is 20.5 Å². The lowest BCUT2D eigenvalue weighted by atomic mass is 9.96. The van der Waals surface area contributed by atoms with Crippen molar-refractivity contribution in [1.29, 1.82) is 0 Å². The standard InChI is InChI=1S/C25H24FN5O3/c1-25(2,32)9-19-15(4-3-7-27-19)16-8-21-24(31-13-29-30-23(16)31)28-10-17-18(26)5-6-20-22(17)14(11-33-20)12-34-21/h3-8,13-14,28,32H,9-12H2,1-2H3/t14-/m1/s1. The molecule has 0 saturated heterocycles. The molecule has 5 heterocycles. The molecule has 2 aliphatic heterocycles. The maximum atomic E-state index is 14.8. The molecule has 0 spiro atoms. The first kappa shape index (κ1) is 20.9. The van der Waals surface area contributed by atoms with Crippen LogP contribution in [0.3, 0.4) is 0 Å². The van der Waals surface area contributed by atoms with Crippen LogP contribution in [0.2, 0.25) is 0 Å². The normalized spacial score (nSPS) is 17.0. The summed E-state index contributed by atoms with van der Waals surface area (Å²) in [6.07, 6.45) is 3.69. The Hall–Kier alpha value is -3.72. The topological polar surface area (TPSA) is 93.8 Å². The van der Waals surface area contributed by atoms with Crippen molar-refractivity contribution >= 4 is 11.5 Å². The van der Waals surface area contributed by atoms with Crippen molar-refractivity contribution in [2.45, 2.75) is 38.3 Å². The minimum Gasteiger partial charge on any atom is -0.493 e. The number of hydrogen-bond donors (Lipinski definition) is 2. The molecule has 1 aromatic carbocycles. The van der Waals surface area contributed by atoms with Crippen molar-refractivity contribution in [3.8, 4) is 22.6 Å². The number of nitrogens with one attached hydrogen (secondary N) is 1. The molecule has 0 aliphatic carbocycles. The van der Waals surface area contributed by atoms with Crippen molar-refractivity contribution in [2.75, 3.05) is 18.5 Å². The van der Waals surface area contributed by atoms with Gasteiger partial charge in [0.2, 0.25) is 0 Å². The predicted molar refractivity (Wildman–Crippen MR) is 124 cm³/mol. The zero-order valence-corrected chi connectivity index (χ0v) is 18.9. The molecule has 34 heavy (non-hydrogen) atoms. The monoisotopic (exact) mass is 461 g/mol. The predicted octanol–water partition coefficient (Wildman–Crippen LogP) is 3.72. The average molecular weight is 461 g/mol. The van der Waals surface area contributed by atoms with Gasteiger partial charge >= 0.3 is 0 Å². The number of fused-ring (bicyclic) bond motifs is 3. The molecule has 2 N–H and O–H groups in total. The summed E-state index contributed by atoms with van der Waals surface area (Å²) in [5.41, 5.74) is 3.51. The van der Waals surface area contributed by atoms with Crippen molar-refractivity contribution in [2.24, 2.45) is 0 Å². The lowest BCUT2D eigenvalue weighted by molar-refractivity contribution is 0.0801. The summed E-state index contributed by atoms with van der Waals surface area (Å²) in [5.74, 6) is 1.61. The fourth-order valence-corrected chi connectivity index (χ4v) is 4.82. The summed E-state index contributed by atoms with van der Waals surface area (Å²) >= 11 is 0. The lowest BCUT2D eigenvalue weighted by Gasteiger charge is -2.20. The van der Waals surface area contributed by atoms with Crippen LogP contribution in [-0.4, -0.2) is 43.5 Å². The quantitative estimate of drug-likeness (QED) is 0.480. The van der Waals surface area contributed by atoms with Gasteiger partial charge in [-0.05, 0) is 38.1 Å². The smallest absolute Gasteiger partial charge is 0.170 e. The molecule has 174 valence electrons. The summed E-state index contributed by atoms with van der Waals surface area (Å²) in [5, 5.41) is 22.3. The van der Waals surface area contributed by atoms with Crippen LogP contribution in [0.15, 0.2) is 42.9 Å². The van der Waals surface area contributed by atoms with E-state index in [0.717, 1.165) is 22.4 Å². The molecular formula is C25H24FN5O3. The Morgan fingerprint density at radius 1 is 1.18 bits per heavy atom. The van der Waals surface area contributed by atoms with Crippen LogP contribution >= 0.6 is 0 Å². The van der Waals surface area contributed by atoms with E-state index in [1.165, 1.54) is 6.07 Å². The molecule has 9 heteroatoms. The lowest BCUT2D eigenvalue weighted by Crippen LogP contribution is -2.23. The SMILES string of the molecule is CC(C)(O)Cc1ncccc1-c1cc2c(n3cnnc13)NCc1c(F)ccc3c1[C@H](CO3)CO2. The van der Waals surface area contributed by atoms with Gasteiger partial charge in [0.05, 0.1) is 30.4 Å². The molecule has 0 radical (unpaired) electrons. The van der Waals surface area contributed by atoms with Crippen molar-refractivity contribution in [3.05, 3.63) is 65.5 Å². The largest absolute Gasteiger partial charge is 0.493 e. The minimum absolute atomic E-state index is 0.0716. The molecule has 0 fully saturated rings. The first-order valence-corrected chi connectivity index (χ1v) is 11.2. The number of pyridine rings is 2. The van der Waals surface area contributed by atoms with E-state index >= 15 is 0 Å². The maximum absolute atomic E-state index is 14.8. The highest BCUT2D eigenvalue weighted by Gasteiger charge is 2.32. The van der Waals surface area contributed by atoms with Gasteiger partial charge in [0.1, 0.15) is 17.9 Å².